The van der Waals surface area contributed by atoms with Gasteiger partial charge in [0.2, 0.25) is 0 Å². The molecule has 0 spiro atoms. The SMILES string of the molecule is CC(C)=C(Br)C(=O)OC(C)(C)C. The van der Waals surface area contributed by atoms with Crippen molar-refractivity contribution in [2.24, 2.45) is 0 Å². The van der Waals surface area contributed by atoms with E-state index in [0.717, 1.165) is 5.57 Å². The molecule has 0 aromatic heterocycles. The molecule has 0 aliphatic rings. The summed E-state index contributed by atoms with van der Waals surface area (Å²) in [5.41, 5.74) is 0.496. The van der Waals surface area contributed by atoms with Crippen LogP contribution >= 0.6 is 15.9 Å². The summed E-state index contributed by atoms with van der Waals surface area (Å²) in [4.78, 5) is 11.3. The van der Waals surface area contributed by atoms with Crippen LogP contribution in [0.2, 0.25) is 0 Å². The van der Waals surface area contributed by atoms with Crippen molar-refractivity contribution in [1.82, 2.24) is 0 Å². The van der Waals surface area contributed by atoms with E-state index in [-0.39, 0.29) is 5.97 Å². The first-order valence-electron chi connectivity index (χ1n) is 3.80. The van der Waals surface area contributed by atoms with E-state index in [1.165, 1.54) is 0 Å². The lowest BCUT2D eigenvalue weighted by atomic mass is 10.2. The molecule has 0 saturated heterocycles. The summed E-state index contributed by atoms with van der Waals surface area (Å²) in [6.07, 6.45) is 0. The van der Waals surface area contributed by atoms with E-state index in [4.69, 9.17) is 4.74 Å². The number of esters is 1. The standard InChI is InChI=1S/C9H15BrO2/c1-6(2)7(10)8(11)12-9(3,4)5/h1-5H3. The summed E-state index contributed by atoms with van der Waals surface area (Å²) < 4.78 is 5.63. The summed E-state index contributed by atoms with van der Waals surface area (Å²) in [5, 5.41) is 0. The molecule has 12 heavy (non-hydrogen) atoms. The van der Waals surface area contributed by atoms with Crippen LogP contribution in [0.1, 0.15) is 34.6 Å². The van der Waals surface area contributed by atoms with Gasteiger partial charge in [0.05, 0.1) is 0 Å². The molecule has 0 rings (SSSR count). The number of hydrogen-bond acceptors (Lipinski definition) is 2. The Kier molecular flexibility index (Phi) is 3.97. The van der Waals surface area contributed by atoms with Crippen LogP contribution in [0.4, 0.5) is 0 Å². The molecule has 0 aliphatic carbocycles. The van der Waals surface area contributed by atoms with E-state index in [9.17, 15) is 4.79 Å². The topological polar surface area (TPSA) is 26.3 Å². The molecule has 0 bridgehead atoms. The number of hydrogen-bond donors (Lipinski definition) is 0. The Morgan fingerprint density at radius 3 is 1.92 bits per heavy atom. The van der Waals surface area contributed by atoms with Gasteiger partial charge in [0, 0.05) is 0 Å². The van der Waals surface area contributed by atoms with Gasteiger partial charge < -0.3 is 4.74 Å². The predicted molar refractivity (Wildman–Crippen MR) is 53.1 cm³/mol. The monoisotopic (exact) mass is 234 g/mol. The van der Waals surface area contributed by atoms with Gasteiger partial charge in [0.25, 0.3) is 0 Å². The highest BCUT2D eigenvalue weighted by molar-refractivity contribution is 9.12. The minimum absolute atomic E-state index is 0.303. The van der Waals surface area contributed by atoms with Gasteiger partial charge in [-0.2, -0.15) is 0 Å². The molecule has 0 radical (unpaired) electrons. The van der Waals surface area contributed by atoms with Crippen LogP contribution < -0.4 is 0 Å². The van der Waals surface area contributed by atoms with Gasteiger partial charge >= 0.3 is 5.97 Å². The van der Waals surface area contributed by atoms with Crippen molar-refractivity contribution in [2.45, 2.75) is 40.2 Å². The fourth-order valence-electron chi connectivity index (χ4n) is 0.527. The lowest BCUT2D eigenvalue weighted by Crippen LogP contribution is -2.24. The van der Waals surface area contributed by atoms with Crippen molar-refractivity contribution in [3.05, 3.63) is 10.1 Å². The van der Waals surface area contributed by atoms with Crippen LogP contribution in [0.15, 0.2) is 10.1 Å². The Morgan fingerprint density at radius 2 is 1.67 bits per heavy atom. The maximum atomic E-state index is 11.3. The second-order valence-electron chi connectivity index (χ2n) is 3.82. The van der Waals surface area contributed by atoms with Crippen LogP contribution in [-0.2, 0) is 9.53 Å². The molecule has 0 aromatic rings. The maximum absolute atomic E-state index is 11.3. The molecule has 0 saturated carbocycles. The first-order valence-corrected chi connectivity index (χ1v) is 4.59. The molecule has 0 aliphatic heterocycles. The van der Waals surface area contributed by atoms with E-state index < -0.39 is 5.60 Å². The molecule has 0 N–H and O–H groups in total. The maximum Gasteiger partial charge on any atom is 0.345 e. The van der Waals surface area contributed by atoms with E-state index in [2.05, 4.69) is 15.9 Å². The third-order valence-corrected chi connectivity index (χ3v) is 2.13. The van der Waals surface area contributed by atoms with Crippen LogP contribution in [0, 0.1) is 0 Å². The molecule has 2 nitrogen and oxygen atoms in total. The second kappa shape index (κ2) is 4.08. The van der Waals surface area contributed by atoms with Gasteiger partial charge in [-0.3, -0.25) is 0 Å². The molecule has 0 unspecified atom stereocenters. The normalized spacial score (nSPS) is 10.8. The number of carbonyl (C=O) groups is 1. The molecule has 0 fully saturated rings. The van der Waals surface area contributed by atoms with Crippen molar-refractivity contribution in [2.75, 3.05) is 0 Å². The summed E-state index contributed by atoms with van der Waals surface area (Å²) in [7, 11) is 0. The molecular formula is C9H15BrO2. The van der Waals surface area contributed by atoms with E-state index in [1.54, 1.807) is 0 Å². The minimum atomic E-state index is -0.425. The number of halogens is 1. The van der Waals surface area contributed by atoms with Crippen molar-refractivity contribution in [1.29, 1.82) is 0 Å². The predicted octanol–water partition coefficient (Wildman–Crippen LogP) is 3.02. The van der Waals surface area contributed by atoms with E-state index >= 15 is 0 Å². The first-order chi connectivity index (χ1) is 5.24. The number of rotatable bonds is 1. The largest absolute Gasteiger partial charge is 0.456 e. The summed E-state index contributed by atoms with van der Waals surface area (Å²) in [6.45, 7) is 9.24. The highest BCUT2D eigenvalue weighted by Gasteiger charge is 2.18. The smallest absolute Gasteiger partial charge is 0.345 e. The van der Waals surface area contributed by atoms with Crippen molar-refractivity contribution in [3.8, 4) is 0 Å². The first kappa shape index (κ1) is 11.7. The number of allylic oxidation sites excluding steroid dienone is 1. The Hall–Kier alpha value is -0.310. The highest BCUT2D eigenvalue weighted by Crippen LogP contribution is 2.17. The molecule has 3 heteroatoms. The quantitative estimate of drug-likeness (QED) is 0.515. The van der Waals surface area contributed by atoms with Gasteiger partial charge in [-0.25, -0.2) is 4.79 Å². The van der Waals surface area contributed by atoms with Gasteiger partial charge in [0.15, 0.2) is 0 Å². The zero-order chi connectivity index (χ0) is 9.94. The Balaban J connectivity index is 4.36. The summed E-state index contributed by atoms with van der Waals surface area (Å²) >= 11 is 3.17. The van der Waals surface area contributed by atoms with Crippen LogP contribution in [0.5, 0.6) is 0 Å². The van der Waals surface area contributed by atoms with Crippen LogP contribution in [-0.4, -0.2) is 11.6 Å². The zero-order valence-corrected chi connectivity index (χ0v) is 9.78. The molecule has 0 aromatic carbocycles. The zero-order valence-electron chi connectivity index (χ0n) is 8.19. The molecule has 0 amide bonds. The van der Waals surface area contributed by atoms with Crippen LogP contribution in [0.3, 0.4) is 0 Å². The van der Waals surface area contributed by atoms with Crippen molar-refractivity contribution < 1.29 is 9.53 Å². The van der Waals surface area contributed by atoms with Gasteiger partial charge in [-0.05, 0) is 50.5 Å². The highest BCUT2D eigenvalue weighted by atomic mass is 79.9. The Morgan fingerprint density at radius 1 is 1.25 bits per heavy atom. The Bertz CT molecular complexity index is 207. The van der Waals surface area contributed by atoms with Crippen LogP contribution in [0.25, 0.3) is 0 Å². The van der Waals surface area contributed by atoms with Crippen molar-refractivity contribution in [3.63, 3.8) is 0 Å². The lowest BCUT2D eigenvalue weighted by Gasteiger charge is -2.19. The molecular weight excluding hydrogens is 220 g/mol. The Labute approximate surface area is 82.1 Å². The molecule has 0 atom stereocenters. The third kappa shape index (κ3) is 4.54. The van der Waals surface area contributed by atoms with E-state index in [1.807, 2.05) is 34.6 Å². The average Bonchev–Trinajstić information content (AvgIpc) is 1.82. The average molecular weight is 235 g/mol. The number of ether oxygens (including phenoxy) is 1. The van der Waals surface area contributed by atoms with Gasteiger partial charge in [-0.1, -0.05) is 5.57 Å². The fraction of sp³-hybridized carbons (Fsp3) is 0.667. The fourth-order valence-corrected chi connectivity index (χ4v) is 0.608. The van der Waals surface area contributed by atoms with Gasteiger partial charge in [0.1, 0.15) is 10.1 Å². The van der Waals surface area contributed by atoms with E-state index in [0.29, 0.717) is 4.48 Å². The molecule has 70 valence electrons. The molecule has 0 heterocycles. The van der Waals surface area contributed by atoms with Crippen molar-refractivity contribution >= 4 is 21.9 Å². The number of carbonyl (C=O) groups excluding carboxylic acids is 1. The lowest BCUT2D eigenvalue weighted by molar-refractivity contribution is -0.148. The van der Waals surface area contributed by atoms with Gasteiger partial charge in [-0.15, -0.1) is 0 Å². The third-order valence-electron chi connectivity index (χ3n) is 1.02. The second-order valence-corrected chi connectivity index (χ2v) is 4.61. The summed E-state index contributed by atoms with van der Waals surface area (Å²) in [5.74, 6) is -0.303. The minimum Gasteiger partial charge on any atom is -0.456 e. The summed E-state index contributed by atoms with van der Waals surface area (Å²) in [6, 6.07) is 0.